The van der Waals surface area contributed by atoms with Gasteiger partial charge in [-0.2, -0.15) is 0 Å². The smallest absolute Gasteiger partial charge is 0.0226 e. The number of hydrogen-bond donors (Lipinski definition) is 1. The van der Waals surface area contributed by atoms with Crippen LogP contribution in [0.5, 0.6) is 0 Å². The average molecular weight is 177 g/mol. The van der Waals surface area contributed by atoms with Crippen LogP contribution < -0.4 is 0 Å². The molecule has 1 aromatic rings. The predicted octanol–water partition coefficient (Wildman–Crippen LogP) is 3.56. The van der Waals surface area contributed by atoms with Gasteiger partial charge in [-0.1, -0.05) is 32.9 Å². The van der Waals surface area contributed by atoms with Gasteiger partial charge in [-0.15, -0.1) is 0 Å². The summed E-state index contributed by atoms with van der Waals surface area (Å²) < 4.78 is 0. The molecule has 0 atom stereocenters. The average Bonchev–Trinajstić information content (AvgIpc) is 2.64. The molecule has 0 aromatic carbocycles. The van der Waals surface area contributed by atoms with Gasteiger partial charge in [0.2, 0.25) is 0 Å². The van der Waals surface area contributed by atoms with Crippen LogP contribution in [0.3, 0.4) is 0 Å². The number of aryl methyl sites for hydroxylation is 2. The van der Waals surface area contributed by atoms with Crippen LogP contribution in [0.25, 0.3) is 6.08 Å². The number of rotatable bonds is 1. The van der Waals surface area contributed by atoms with Crippen molar-refractivity contribution >= 4 is 6.08 Å². The molecule has 1 nitrogen and oxygen atoms in total. The standard InChI is InChI=1S/C10H13N.C2H6/c1-2-8-7-11-10-6-4-3-5-9(8)10;1-2/h3,5,7,11H,2,4,6H2,1H3;1-2H3. The molecule has 0 fully saturated rings. The van der Waals surface area contributed by atoms with Crippen molar-refractivity contribution in [3.05, 3.63) is 29.1 Å². The molecule has 0 bridgehead atoms. The number of fused-ring (bicyclic) bond motifs is 1. The van der Waals surface area contributed by atoms with E-state index < -0.39 is 0 Å². The first-order chi connectivity index (χ1) is 6.42. The normalized spacial score (nSPS) is 13.2. The third kappa shape index (κ3) is 2.03. The van der Waals surface area contributed by atoms with Crippen molar-refractivity contribution in [2.45, 2.75) is 40.0 Å². The molecule has 0 spiro atoms. The summed E-state index contributed by atoms with van der Waals surface area (Å²) in [5.41, 5.74) is 4.32. The first-order valence-electron chi connectivity index (χ1n) is 5.27. The first kappa shape index (κ1) is 10.1. The Morgan fingerprint density at radius 1 is 1.38 bits per heavy atom. The summed E-state index contributed by atoms with van der Waals surface area (Å²) in [6.45, 7) is 6.20. The lowest BCUT2D eigenvalue weighted by Crippen LogP contribution is -1.92. The predicted molar refractivity (Wildman–Crippen MR) is 58.9 cm³/mol. The fraction of sp³-hybridized carbons (Fsp3) is 0.500. The van der Waals surface area contributed by atoms with Crippen molar-refractivity contribution in [1.29, 1.82) is 0 Å². The highest BCUT2D eigenvalue weighted by Gasteiger charge is 2.08. The highest BCUT2D eigenvalue weighted by molar-refractivity contribution is 5.58. The fourth-order valence-corrected chi connectivity index (χ4v) is 1.66. The van der Waals surface area contributed by atoms with E-state index in [1.54, 1.807) is 0 Å². The van der Waals surface area contributed by atoms with Gasteiger partial charge in [-0.3, -0.25) is 0 Å². The Morgan fingerprint density at radius 3 is 2.85 bits per heavy atom. The third-order valence-corrected chi connectivity index (χ3v) is 2.32. The van der Waals surface area contributed by atoms with Crippen molar-refractivity contribution in [3.63, 3.8) is 0 Å². The largest absolute Gasteiger partial charge is 0.364 e. The molecule has 0 unspecified atom stereocenters. The lowest BCUT2D eigenvalue weighted by Gasteiger charge is -2.04. The Morgan fingerprint density at radius 2 is 2.15 bits per heavy atom. The van der Waals surface area contributed by atoms with E-state index in [4.69, 9.17) is 0 Å². The van der Waals surface area contributed by atoms with Crippen molar-refractivity contribution in [2.75, 3.05) is 0 Å². The second-order valence-corrected chi connectivity index (χ2v) is 3.00. The zero-order valence-electron chi connectivity index (χ0n) is 8.85. The van der Waals surface area contributed by atoms with Gasteiger partial charge in [0.15, 0.2) is 0 Å². The van der Waals surface area contributed by atoms with Crippen LogP contribution in [0, 0.1) is 0 Å². The second kappa shape index (κ2) is 4.90. The molecule has 0 radical (unpaired) electrons. The molecule has 1 heteroatoms. The number of nitrogens with one attached hydrogen (secondary N) is 1. The maximum atomic E-state index is 3.33. The summed E-state index contributed by atoms with van der Waals surface area (Å²) in [6.07, 6.45) is 10.2. The minimum Gasteiger partial charge on any atom is -0.364 e. The Labute approximate surface area is 80.9 Å². The van der Waals surface area contributed by atoms with Crippen LogP contribution in [0.1, 0.15) is 44.0 Å². The summed E-state index contributed by atoms with van der Waals surface area (Å²) in [5, 5.41) is 0. The number of aromatic amines is 1. The minimum absolute atomic E-state index is 1.14. The molecule has 13 heavy (non-hydrogen) atoms. The molecule has 1 N–H and O–H groups in total. The second-order valence-electron chi connectivity index (χ2n) is 3.00. The van der Waals surface area contributed by atoms with Crippen LogP contribution in [-0.2, 0) is 12.8 Å². The van der Waals surface area contributed by atoms with Crippen LogP contribution in [0.2, 0.25) is 0 Å². The van der Waals surface area contributed by atoms with Gasteiger partial charge in [0.05, 0.1) is 0 Å². The molecule has 2 rings (SSSR count). The van der Waals surface area contributed by atoms with Gasteiger partial charge in [0, 0.05) is 11.9 Å². The van der Waals surface area contributed by atoms with E-state index >= 15 is 0 Å². The van der Waals surface area contributed by atoms with Crippen molar-refractivity contribution < 1.29 is 0 Å². The Bertz CT molecular complexity index is 281. The molecule has 1 aliphatic rings. The van der Waals surface area contributed by atoms with Gasteiger partial charge < -0.3 is 4.98 Å². The van der Waals surface area contributed by atoms with Gasteiger partial charge in [0.25, 0.3) is 0 Å². The molecular weight excluding hydrogens is 158 g/mol. The van der Waals surface area contributed by atoms with Crippen molar-refractivity contribution in [3.8, 4) is 0 Å². The monoisotopic (exact) mass is 177 g/mol. The Balaban J connectivity index is 0.000000396. The molecule has 0 saturated heterocycles. The zero-order chi connectivity index (χ0) is 9.68. The highest BCUT2D eigenvalue weighted by atomic mass is 14.7. The highest BCUT2D eigenvalue weighted by Crippen LogP contribution is 2.22. The molecule has 0 aliphatic heterocycles. The SMILES string of the molecule is CC.CCc1c[nH]c2c1C=CCC2. The maximum Gasteiger partial charge on any atom is 0.0226 e. The zero-order valence-corrected chi connectivity index (χ0v) is 8.85. The van der Waals surface area contributed by atoms with E-state index in [-0.39, 0.29) is 0 Å². The van der Waals surface area contributed by atoms with Crippen LogP contribution in [0.15, 0.2) is 12.3 Å². The van der Waals surface area contributed by atoms with Crippen LogP contribution in [-0.4, -0.2) is 4.98 Å². The summed E-state index contributed by atoms with van der Waals surface area (Å²) in [6, 6.07) is 0. The van der Waals surface area contributed by atoms with E-state index in [1.165, 1.54) is 29.7 Å². The third-order valence-electron chi connectivity index (χ3n) is 2.32. The van der Waals surface area contributed by atoms with E-state index in [2.05, 4.69) is 30.3 Å². The van der Waals surface area contributed by atoms with Crippen molar-refractivity contribution in [1.82, 2.24) is 4.98 Å². The van der Waals surface area contributed by atoms with E-state index in [9.17, 15) is 0 Å². The van der Waals surface area contributed by atoms with Crippen molar-refractivity contribution in [2.24, 2.45) is 0 Å². The summed E-state index contributed by atoms with van der Waals surface area (Å²) in [7, 11) is 0. The van der Waals surface area contributed by atoms with Crippen LogP contribution >= 0.6 is 0 Å². The first-order valence-corrected chi connectivity index (χ1v) is 5.27. The van der Waals surface area contributed by atoms with Gasteiger partial charge >= 0.3 is 0 Å². The summed E-state index contributed by atoms with van der Waals surface area (Å²) in [4.78, 5) is 3.33. The van der Waals surface area contributed by atoms with Gasteiger partial charge in [-0.05, 0) is 30.4 Å². The molecule has 0 saturated carbocycles. The molecule has 0 amide bonds. The van der Waals surface area contributed by atoms with E-state index in [0.717, 1.165) is 6.42 Å². The molecule has 1 heterocycles. The van der Waals surface area contributed by atoms with E-state index in [1.807, 2.05) is 13.8 Å². The lowest BCUT2D eigenvalue weighted by molar-refractivity contribution is 0.944. The van der Waals surface area contributed by atoms with Gasteiger partial charge in [-0.25, -0.2) is 0 Å². The summed E-state index contributed by atoms with van der Waals surface area (Å²) in [5.74, 6) is 0. The molecule has 1 aromatic heterocycles. The number of allylic oxidation sites excluding steroid dienone is 1. The molecule has 72 valence electrons. The van der Waals surface area contributed by atoms with Gasteiger partial charge in [0.1, 0.15) is 0 Å². The maximum absolute atomic E-state index is 3.33. The fourth-order valence-electron chi connectivity index (χ4n) is 1.66. The number of aromatic nitrogens is 1. The van der Waals surface area contributed by atoms with Crippen LogP contribution in [0.4, 0.5) is 0 Å². The summed E-state index contributed by atoms with van der Waals surface area (Å²) >= 11 is 0. The molecule has 1 aliphatic carbocycles. The number of H-pyrrole nitrogens is 1. The number of hydrogen-bond acceptors (Lipinski definition) is 0. The quantitative estimate of drug-likeness (QED) is 0.675. The lowest BCUT2D eigenvalue weighted by atomic mass is 10.0. The Kier molecular flexibility index (Phi) is 3.81. The molecular formula is C12H19N. The topological polar surface area (TPSA) is 15.8 Å². The van der Waals surface area contributed by atoms with E-state index in [0.29, 0.717) is 0 Å². The Hall–Kier alpha value is -0.980. The minimum atomic E-state index is 1.14.